The van der Waals surface area contributed by atoms with Gasteiger partial charge in [-0.3, -0.25) is 0 Å². The van der Waals surface area contributed by atoms with Gasteiger partial charge in [0.1, 0.15) is 0 Å². The molecule has 70 valence electrons. The maximum Gasteiger partial charge on any atom is 0.0732 e. The van der Waals surface area contributed by atoms with Crippen LogP contribution in [-0.4, -0.2) is 6.61 Å². The summed E-state index contributed by atoms with van der Waals surface area (Å²) in [5.74, 6) is 5.83. The summed E-state index contributed by atoms with van der Waals surface area (Å²) in [6, 6.07) is 0. The highest BCUT2D eigenvalue weighted by Gasteiger charge is 2.29. The molecular formula is C10H19NO. The molecule has 1 aliphatic carbocycles. The largest absolute Gasteiger partial charge is 0.304 e. The second-order valence-electron chi connectivity index (χ2n) is 4.28. The molecule has 1 atom stereocenters. The van der Waals surface area contributed by atoms with Crippen LogP contribution in [0, 0.1) is 11.3 Å². The summed E-state index contributed by atoms with van der Waals surface area (Å²) >= 11 is 0. The molecule has 0 aromatic heterocycles. The van der Waals surface area contributed by atoms with E-state index in [-0.39, 0.29) is 5.41 Å². The third kappa shape index (κ3) is 2.32. The van der Waals surface area contributed by atoms with Gasteiger partial charge in [-0.05, 0) is 30.6 Å². The molecule has 1 rings (SSSR count). The molecular weight excluding hydrogens is 150 g/mol. The van der Waals surface area contributed by atoms with Crippen molar-refractivity contribution in [3.05, 3.63) is 12.2 Å². The number of rotatable bonds is 3. The normalized spacial score (nSPS) is 24.4. The monoisotopic (exact) mass is 169 g/mol. The van der Waals surface area contributed by atoms with Gasteiger partial charge in [-0.2, -0.15) is 0 Å². The molecule has 0 aromatic carbocycles. The molecule has 1 unspecified atom stereocenters. The van der Waals surface area contributed by atoms with Crippen molar-refractivity contribution in [2.45, 2.75) is 33.1 Å². The molecule has 12 heavy (non-hydrogen) atoms. The maximum absolute atomic E-state index is 5.10. The predicted molar refractivity (Wildman–Crippen MR) is 50.4 cm³/mol. The second kappa shape index (κ2) is 4.06. The standard InChI is InChI=1S/C10H19NO/c1-10(2,8-12-11)9-6-4-3-5-7-9/h3-4,9H,5-8,11H2,1-2H3. The van der Waals surface area contributed by atoms with Crippen LogP contribution in [0.1, 0.15) is 33.1 Å². The summed E-state index contributed by atoms with van der Waals surface area (Å²) in [5, 5.41) is 0. The summed E-state index contributed by atoms with van der Waals surface area (Å²) in [5.41, 5.74) is 0.222. The van der Waals surface area contributed by atoms with Crippen molar-refractivity contribution in [3.8, 4) is 0 Å². The summed E-state index contributed by atoms with van der Waals surface area (Å²) in [4.78, 5) is 4.74. The van der Waals surface area contributed by atoms with E-state index in [4.69, 9.17) is 10.7 Å². The minimum atomic E-state index is 0.222. The number of allylic oxidation sites excluding steroid dienone is 2. The Kier molecular flexibility index (Phi) is 3.29. The maximum atomic E-state index is 5.10. The molecule has 0 saturated heterocycles. The van der Waals surface area contributed by atoms with Crippen molar-refractivity contribution in [1.82, 2.24) is 0 Å². The fraction of sp³-hybridized carbons (Fsp3) is 0.800. The molecule has 0 spiro atoms. The lowest BCUT2D eigenvalue weighted by Crippen LogP contribution is -2.31. The average molecular weight is 169 g/mol. The first-order valence-electron chi connectivity index (χ1n) is 4.63. The molecule has 0 bridgehead atoms. The number of hydrogen-bond acceptors (Lipinski definition) is 2. The zero-order valence-electron chi connectivity index (χ0n) is 8.05. The molecule has 0 aliphatic heterocycles. The van der Waals surface area contributed by atoms with E-state index in [0.29, 0.717) is 6.61 Å². The van der Waals surface area contributed by atoms with Crippen LogP contribution in [0.5, 0.6) is 0 Å². The van der Waals surface area contributed by atoms with Gasteiger partial charge >= 0.3 is 0 Å². The topological polar surface area (TPSA) is 35.2 Å². The Morgan fingerprint density at radius 1 is 1.50 bits per heavy atom. The number of hydrogen-bond donors (Lipinski definition) is 1. The van der Waals surface area contributed by atoms with Crippen LogP contribution in [-0.2, 0) is 4.84 Å². The molecule has 0 saturated carbocycles. The summed E-state index contributed by atoms with van der Waals surface area (Å²) in [6.07, 6.45) is 8.18. The molecule has 2 nitrogen and oxygen atoms in total. The third-order valence-electron chi connectivity index (χ3n) is 2.83. The second-order valence-corrected chi connectivity index (χ2v) is 4.28. The van der Waals surface area contributed by atoms with Crippen LogP contribution in [0.15, 0.2) is 12.2 Å². The van der Waals surface area contributed by atoms with E-state index >= 15 is 0 Å². The number of nitrogens with two attached hydrogens (primary N) is 1. The highest BCUT2D eigenvalue weighted by molar-refractivity contribution is 4.94. The zero-order valence-corrected chi connectivity index (χ0v) is 8.05. The van der Waals surface area contributed by atoms with E-state index in [9.17, 15) is 0 Å². The van der Waals surface area contributed by atoms with Gasteiger partial charge in [0.25, 0.3) is 0 Å². The van der Waals surface area contributed by atoms with E-state index in [1.807, 2.05) is 0 Å². The van der Waals surface area contributed by atoms with E-state index < -0.39 is 0 Å². The van der Waals surface area contributed by atoms with Crippen molar-refractivity contribution in [2.24, 2.45) is 17.2 Å². The van der Waals surface area contributed by atoms with Crippen LogP contribution in [0.2, 0.25) is 0 Å². The fourth-order valence-corrected chi connectivity index (χ4v) is 1.84. The predicted octanol–water partition coefficient (Wildman–Crippen LogP) is 2.26. The molecule has 0 aromatic rings. The third-order valence-corrected chi connectivity index (χ3v) is 2.83. The molecule has 1 aliphatic rings. The minimum Gasteiger partial charge on any atom is -0.304 e. The SMILES string of the molecule is CC(C)(CON)C1CC=CCC1. The zero-order chi connectivity index (χ0) is 9.03. The van der Waals surface area contributed by atoms with Gasteiger partial charge in [0.15, 0.2) is 0 Å². The first kappa shape index (κ1) is 9.75. The van der Waals surface area contributed by atoms with Crippen molar-refractivity contribution in [3.63, 3.8) is 0 Å². The lowest BCUT2D eigenvalue weighted by molar-refractivity contribution is 0.0250. The first-order chi connectivity index (χ1) is 5.67. The molecule has 0 fully saturated rings. The highest BCUT2D eigenvalue weighted by atomic mass is 16.6. The average Bonchev–Trinajstić information content (AvgIpc) is 2.06. The van der Waals surface area contributed by atoms with Gasteiger partial charge in [0.2, 0.25) is 0 Å². The van der Waals surface area contributed by atoms with Crippen molar-refractivity contribution < 1.29 is 4.84 Å². The minimum absolute atomic E-state index is 0.222. The van der Waals surface area contributed by atoms with E-state index in [1.54, 1.807) is 0 Å². The Balaban J connectivity index is 2.49. The Morgan fingerprint density at radius 2 is 2.25 bits per heavy atom. The Labute approximate surface area is 74.7 Å². The van der Waals surface area contributed by atoms with Gasteiger partial charge in [0, 0.05) is 0 Å². The van der Waals surface area contributed by atoms with Crippen LogP contribution in [0.25, 0.3) is 0 Å². The first-order valence-corrected chi connectivity index (χ1v) is 4.63. The highest BCUT2D eigenvalue weighted by Crippen LogP contribution is 2.35. The summed E-state index contributed by atoms with van der Waals surface area (Å²) in [6.45, 7) is 5.11. The molecule has 0 heterocycles. The van der Waals surface area contributed by atoms with Gasteiger partial charge in [-0.25, -0.2) is 5.90 Å². The summed E-state index contributed by atoms with van der Waals surface area (Å²) < 4.78 is 0. The van der Waals surface area contributed by atoms with Gasteiger partial charge in [-0.15, -0.1) is 0 Å². The lowest BCUT2D eigenvalue weighted by Gasteiger charge is -2.34. The van der Waals surface area contributed by atoms with Crippen LogP contribution >= 0.6 is 0 Å². The van der Waals surface area contributed by atoms with Crippen molar-refractivity contribution >= 4 is 0 Å². The fourth-order valence-electron chi connectivity index (χ4n) is 1.84. The molecule has 2 N–H and O–H groups in total. The Hall–Kier alpha value is -0.340. The Morgan fingerprint density at radius 3 is 2.75 bits per heavy atom. The summed E-state index contributed by atoms with van der Waals surface area (Å²) in [7, 11) is 0. The molecule has 2 heteroatoms. The van der Waals surface area contributed by atoms with E-state index in [2.05, 4.69) is 26.0 Å². The van der Waals surface area contributed by atoms with Gasteiger partial charge in [-0.1, -0.05) is 26.0 Å². The smallest absolute Gasteiger partial charge is 0.0732 e. The molecule has 0 amide bonds. The van der Waals surface area contributed by atoms with Gasteiger partial charge < -0.3 is 4.84 Å². The Bertz CT molecular complexity index is 163. The van der Waals surface area contributed by atoms with Crippen molar-refractivity contribution in [1.29, 1.82) is 0 Å². The van der Waals surface area contributed by atoms with Gasteiger partial charge in [0.05, 0.1) is 6.61 Å². The van der Waals surface area contributed by atoms with Crippen LogP contribution < -0.4 is 5.90 Å². The van der Waals surface area contributed by atoms with Crippen LogP contribution in [0.3, 0.4) is 0 Å². The molecule has 0 radical (unpaired) electrons. The van der Waals surface area contributed by atoms with E-state index in [0.717, 1.165) is 5.92 Å². The van der Waals surface area contributed by atoms with Crippen LogP contribution in [0.4, 0.5) is 0 Å². The van der Waals surface area contributed by atoms with E-state index in [1.165, 1.54) is 19.3 Å². The van der Waals surface area contributed by atoms with Crippen molar-refractivity contribution in [2.75, 3.05) is 6.61 Å². The lowest BCUT2D eigenvalue weighted by atomic mass is 9.73. The quantitative estimate of drug-likeness (QED) is 0.519.